The molecule has 31 heavy (non-hydrogen) atoms. The van der Waals surface area contributed by atoms with Gasteiger partial charge in [0.2, 0.25) is 0 Å². The maximum atomic E-state index is 11.8. The molecule has 2 heterocycles. The minimum Gasteiger partial charge on any atom is -0.493 e. The molecule has 0 atom stereocenters. The van der Waals surface area contributed by atoms with Gasteiger partial charge in [-0.2, -0.15) is 10.2 Å². The van der Waals surface area contributed by atoms with Crippen LogP contribution in [-0.4, -0.2) is 68.4 Å². The zero-order valence-corrected chi connectivity index (χ0v) is 19.4. The van der Waals surface area contributed by atoms with Gasteiger partial charge < -0.3 is 14.4 Å². The van der Waals surface area contributed by atoms with Crippen molar-refractivity contribution in [1.29, 1.82) is 0 Å². The normalized spacial score (nSPS) is 14.6. The van der Waals surface area contributed by atoms with Gasteiger partial charge in [0.05, 0.1) is 31.4 Å². The fraction of sp³-hybridized carbons (Fsp3) is 0.565. The van der Waals surface area contributed by atoms with E-state index in [-0.39, 0.29) is 11.5 Å². The van der Waals surface area contributed by atoms with E-state index in [4.69, 9.17) is 9.47 Å². The molecule has 7 nitrogen and oxygen atoms in total. The van der Waals surface area contributed by atoms with E-state index in [1.165, 1.54) is 25.9 Å². The SMILES string of the molecule is CCS(=O)(=O)CCc1cnnc(Cc2ccc(OC)c(OCCCN3CCCC3)c2)c1. The molecule has 0 saturated carbocycles. The number of sulfone groups is 1. The first-order chi connectivity index (χ1) is 15.0. The number of likely N-dealkylation sites (tertiary alicyclic amines) is 1. The summed E-state index contributed by atoms with van der Waals surface area (Å²) < 4.78 is 35.0. The number of hydrogen-bond donors (Lipinski definition) is 0. The van der Waals surface area contributed by atoms with E-state index >= 15 is 0 Å². The number of methoxy groups -OCH3 is 1. The van der Waals surface area contributed by atoms with Crippen molar-refractivity contribution in [3.8, 4) is 11.5 Å². The average Bonchev–Trinajstić information content (AvgIpc) is 3.29. The standard InChI is InChI=1S/C23H33N3O4S/c1-3-31(27,28)14-9-20-16-21(25-24-18-20)15-19-7-8-22(29-2)23(17-19)30-13-6-12-26-10-4-5-11-26/h7-8,16-18H,3-6,9-15H2,1-2H3. The maximum Gasteiger partial charge on any atom is 0.161 e. The Morgan fingerprint density at radius 3 is 2.65 bits per heavy atom. The van der Waals surface area contributed by atoms with E-state index in [9.17, 15) is 8.42 Å². The number of rotatable bonds is 12. The highest BCUT2D eigenvalue weighted by Gasteiger charge is 2.12. The molecule has 3 rings (SSSR count). The van der Waals surface area contributed by atoms with E-state index in [1.807, 2.05) is 24.3 Å². The molecule has 0 N–H and O–H groups in total. The molecule has 1 saturated heterocycles. The zero-order chi connectivity index (χ0) is 22.1. The molecule has 0 unspecified atom stereocenters. The molecule has 1 aromatic carbocycles. The van der Waals surface area contributed by atoms with Crippen LogP contribution in [0, 0.1) is 0 Å². The summed E-state index contributed by atoms with van der Waals surface area (Å²) in [6.45, 7) is 5.78. The van der Waals surface area contributed by atoms with E-state index in [2.05, 4.69) is 15.1 Å². The van der Waals surface area contributed by atoms with E-state index in [1.54, 1.807) is 20.2 Å². The predicted molar refractivity (Wildman–Crippen MR) is 122 cm³/mol. The van der Waals surface area contributed by atoms with Crippen LogP contribution in [-0.2, 0) is 22.7 Å². The maximum absolute atomic E-state index is 11.8. The topological polar surface area (TPSA) is 81.6 Å². The summed E-state index contributed by atoms with van der Waals surface area (Å²) in [6, 6.07) is 7.83. The van der Waals surface area contributed by atoms with Crippen molar-refractivity contribution < 1.29 is 17.9 Å². The summed E-state index contributed by atoms with van der Waals surface area (Å²) in [5.41, 5.74) is 2.73. The Labute approximate surface area is 185 Å². The third kappa shape index (κ3) is 7.47. The van der Waals surface area contributed by atoms with Gasteiger partial charge in [0.25, 0.3) is 0 Å². The minimum absolute atomic E-state index is 0.132. The van der Waals surface area contributed by atoms with Crippen LogP contribution >= 0.6 is 0 Å². The molecule has 1 aromatic heterocycles. The largest absolute Gasteiger partial charge is 0.493 e. The van der Waals surface area contributed by atoms with Crippen molar-refractivity contribution in [3.05, 3.63) is 47.3 Å². The number of hydrogen-bond acceptors (Lipinski definition) is 7. The van der Waals surface area contributed by atoms with Crippen LogP contribution in [0.25, 0.3) is 0 Å². The first-order valence-electron chi connectivity index (χ1n) is 11.0. The molecule has 2 aromatic rings. The Balaban J connectivity index is 1.59. The third-order valence-electron chi connectivity index (χ3n) is 5.59. The highest BCUT2D eigenvalue weighted by atomic mass is 32.2. The highest BCUT2D eigenvalue weighted by Crippen LogP contribution is 2.29. The smallest absolute Gasteiger partial charge is 0.161 e. The summed E-state index contributed by atoms with van der Waals surface area (Å²) in [6.07, 6.45) is 6.27. The fourth-order valence-corrected chi connectivity index (χ4v) is 4.56. The quantitative estimate of drug-likeness (QED) is 0.463. The molecular formula is C23H33N3O4S. The lowest BCUT2D eigenvalue weighted by Gasteiger charge is -2.16. The first-order valence-corrected chi connectivity index (χ1v) is 12.8. The first kappa shape index (κ1) is 23.5. The zero-order valence-electron chi connectivity index (χ0n) is 18.5. The number of benzene rings is 1. The van der Waals surface area contributed by atoms with Crippen molar-refractivity contribution in [2.45, 2.75) is 39.0 Å². The van der Waals surface area contributed by atoms with E-state index < -0.39 is 9.84 Å². The molecule has 0 bridgehead atoms. The molecule has 1 aliphatic heterocycles. The van der Waals surface area contributed by atoms with E-state index in [0.717, 1.165) is 41.3 Å². The van der Waals surface area contributed by atoms with E-state index in [0.29, 0.717) is 19.4 Å². The second kappa shape index (κ2) is 11.4. The van der Waals surface area contributed by atoms with Crippen molar-refractivity contribution in [3.63, 3.8) is 0 Å². The Bertz CT molecular complexity index is 944. The van der Waals surface area contributed by atoms with Gasteiger partial charge in [-0.25, -0.2) is 8.42 Å². The lowest BCUT2D eigenvalue weighted by atomic mass is 10.1. The molecule has 1 fully saturated rings. The summed E-state index contributed by atoms with van der Waals surface area (Å²) in [5, 5.41) is 8.27. The molecule has 0 spiro atoms. The Morgan fingerprint density at radius 2 is 1.90 bits per heavy atom. The number of aromatic nitrogens is 2. The highest BCUT2D eigenvalue weighted by molar-refractivity contribution is 7.91. The van der Waals surface area contributed by atoms with Gasteiger partial charge in [-0.1, -0.05) is 13.0 Å². The molecule has 0 amide bonds. The summed E-state index contributed by atoms with van der Waals surface area (Å²) >= 11 is 0. The average molecular weight is 448 g/mol. The summed E-state index contributed by atoms with van der Waals surface area (Å²) in [5.74, 6) is 1.74. The van der Waals surface area contributed by atoms with Crippen molar-refractivity contribution in [2.75, 3.05) is 44.9 Å². The fourth-order valence-electron chi connectivity index (χ4n) is 3.73. The Kier molecular flexibility index (Phi) is 8.66. The second-order valence-electron chi connectivity index (χ2n) is 7.95. The summed E-state index contributed by atoms with van der Waals surface area (Å²) in [4.78, 5) is 2.48. The van der Waals surface area contributed by atoms with Crippen LogP contribution in [0.3, 0.4) is 0 Å². The van der Waals surface area contributed by atoms with Gasteiger partial charge in [-0.3, -0.25) is 0 Å². The second-order valence-corrected chi connectivity index (χ2v) is 10.4. The van der Waals surface area contributed by atoms with Gasteiger partial charge in [-0.05, 0) is 68.1 Å². The molecule has 0 aliphatic carbocycles. The van der Waals surface area contributed by atoms with Crippen molar-refractivity contribution in [1.82, 2.24) is 15.1 Å². The third-order valence-corrected chi connectivity index (χ3v) is 7.30. The van der Waals surface area contributed by atoms with Crippen LogP contribution in [0.15, 0.2) is 30.5 Å². The number of aryl methyl sites for hydroxylation is 1. The minimum atomic E-state index is -3.00. The van der Waals surface area contributed by atoms with Crippen LogP contribution in [0.2, 0.25) is 0 Å². The predicted octanol–water partition coefficient (Wildman–Crippen LogP) is 2.92. The lowest BCUT2D eigenvalue weighted by Crippen LogP contribution is -2.21. The van der Waals surface area contributed by atoms with Crippen LogP contribution in [0.4, 0.5) is 0 Å². The van der Waals surface area contributed by atoms with Gasteiger partial charge in [0.1, 0.15) is 9.84 Å². The monoisotopic (exact) mass is 447 g/mol. The van der Waals surface area contributed by atoms with Gasteiger partial charge in [0.15, 0.2) is 11.5 Å². The van der Waals surface area contributed by atoms with Gasteiger partial charge in [-0.15, -0.1) is 0 Å². The lowest BCUT2D eigenvalue weighted by molar-refractivity contribution is 0.254. The van der Waals surface area contributed by atoms with Crippen LogP contribution < -0.4 is 9.47 Å². The van der Waals surface area contributed by atoms with Crippen molar-refractivity contribution >= 4 is 9.84 Å². The molecular weight excluding hydrogens is 414 g/mol. The van der Waals surface area contributed by atoms with Gasteiger partial charge in [0, 0.05) is 18.7 Å². The molecule has 1 aliphatic rings. The number of nitrogens with zero attached hydrogens (tertiary/aromatic N) is 3. The van der Waals surface area contributed by atoms with Crippen LogP contribution in [0.1, 0.15) is 43.0 Å². The molecule has 0 radical (unpaired) electrons. The molecule has 8 heteroatoms. The Hall–Kier alpha value is -2.19. The molecule has 170 valence electrons. The van der Waals surface area contributed by atoms with Crippen molar-refractivity contribution in [2.24, 2.45) is 0 Å². The summed E-state index contributed by atoms with van der Waals surface area (Å²) in [7, 11) is -1.36. The number of ether oxygens (including phenoxy) is 2. The Morgan fingerprint density at radius 1 is 1.10 bits per heavy atom. The van der Waals surface area contributed by atoms with Gasteiger partial charge >= 0.3 is 0 Å². The van der Waals surface area contributed by atoms with Crippen LogP contribution in [0.5, 0.6) is 11.5 Å².